The van der Waals surface area contributed by atoms with Crippen LogP contribution in [-0.4, -0.2) is 12.9 Å². The fourth-order valence-corrected chi connectivity index (χ4v) is 3.42. The largest absolute Gasteiger partial charge is 0.497 e. The molecule has 3 nitrogen and oxygen atoms in total. The van der Waals surface area contributed by atoms with E-state index in [2.05, 4.69) is 30.3 Å². The first-order valence-electron chi connectivity index (χ1n) is 8.03. The third kappa shape index (κ3) is 2.33. The molecule has 1 aliphatic rings. The number of para-hydroxylation sites is 1. The number of rotatable bonds is 3. The third-order valence-electron chi connectivity index (χ3n) is 4.51. The molecule has 1 unspecified atom stereocenters. The Morgan fingerprint density at radius 3 is 2.71 bits per heavy atom. The Morgan fingerprint density at radius 2 is 1.92 bits per heavy atom. The van der Waals surface area contributed by atoms with Crippen molar-refractivity contribution in [3.05, 3.63) is 60.2 Å². The second-order valence-electron chi connectivity index (χ2n) is 6.13. The van der Waals surface area contributed by atoms with Crippen LogP contribution >= 0.6 is 0 Å². The Balaban J connectivity index is 2.03. The first-order chi connectivity index (χ1) is 11.7. The maximum Gasteiger partial charge on any atom is 0.133 e. The predicted molar refractivity (Wildman–Crippen MR) is 94.6 cm³/mol. The molecule has 24 heavy (non-hydrogen) atoms. The number of benzene rings is 3. The molecule has 1 aliphatic heterocycles. The fourth-order valence-electron chi connectivity index (χ4n) is 3.42. The first-order valence-corrected chi connectivity index (χ1v) is 8.03. The number of ketones is 1. The molecule has 0 saturated heterocycles. The zero-order valence-electron chi connectivity index (χ0n) is 13.7. The summed E-state index contributed by atoms with van der Waals surface area (Å²) in [6.07, 6.45) is 0.125. The molecule has 3 heteroatoms. The number of Topliss-reactive ketones (excluding diaryl/α,β-unsaturated/α-hetero) is 1. The number of carbonyl (C=O) groups excluding carboxylic acids is 1. The van der Waals surface area contributed by atoms with Crippen LogP contribution in [0.5, 0.6) is 11.5 Å². The number of methoxy groups -OCH3 is 1. The SMILES string of the molecule is COc1ccc2ccc3c(c2c1)-c1ccccc1OC3CC(C)=O. The topological polar surface area (TPSA) is 35.5 Å². The molecule has 3 aromatic carbocycles. The van der Waals surface area contributed by atoms with E-state index in [-0.39, 0.29) is 11.9 Å². The van der Waals surface area contributed by atoms with E-state index in [4.69, 9.17) is 9.47 Å². The van der Waals surface area contributed by atoms with Crippen LogP contribution in [0, 0.1) is 0 Å². The van der Waals surface area contributed by atoms with Crippen molar-refractivity contribution < 1.29 is 14.3 Å². The molecule has 0 bridgehead atoms. The van der Waals surface area contributed by atoms with Crippen molar-refractivity contribution in [3.8, 4) is 22.6 Å². The molecule has 0 spiro atoms. The van der Waals surface area contributed by atoms with Crippen LogP contribution < -0.4 is 9.47 Å². The quantitative estimate of drug-likeness (QED) is 0.687. The van der Waals surface area contributed by atoms with E-state index < -0.39 is 0 Å². The maximum absolute atomic E-state index is 11.7. The van der Waals surface area contributed by atoms with Gasteiger partial charge in [-0.3, -0.25) is 4.79 Å². The van der Waals surface area contributed by atoms with E-state index in [0.717, 1.165) is 39.0 Å². The van der Waals surface area contributed by atoms with Crippen LogP contribution in [0.2, 0.25) is 0 Å². The van der Waals surface area contributed by atoms with Crippen molar-refractivity contribution in [1.82, 2.24) is 0 Å². The van der Waals surface area contributed by atoms with E-state index in [9.17, 15) is 4.79 Å². The Morgan fingerprint density at radius 1 is 1.12 bits per heavy atom. The summed E-state index contributed by atoms with van der Waals surface area (Å²) in [6.45, 7) is 1.60. The van der Waals surface area contributed by atoms with Crippen molar-refractivity contribution in [2.24, 2.45) is 0 Å². The molecule has 3 aromatic rings. The first kappa shape index (κ1) is 14.8. The van der Waals surface area contributed by atoms with Gasteiger partial charge in [0.15, 0.2) is 0 Å². The zero-order chi connectivity index (χ0) is 16.7. The van der Waals surface area contributed by atoms with Gasteiger partial charge in [0, 0.05) is 23.1 Å². The van der Waals surface area contributed by atoms with Crippen LogP contribution in [0.15, 0.2) is 54.6 Å². The molecule has 0 aromatic heterocycles. The third-order valence-corrected chi connectivity index (χ3v) is 4.51. The van der Waals surface area contributed by atoms with Gasteiger partial charge in [0.1, 0.15) is 23.4 Å². The van der Waals surface area contributed by atoms with Gasteiger partial charge in [-0.15, -0.1) is 0 Å². The van der Waals surface area contributed by atoms with Gasteiger partial charge < -0.3 is 9.47 Å². The average molecular weight is 318 g/mol. The highest BCUT2D eigenvalue weighted by Crippen LogP contribution is 2.47. The van der Waals surface area contributed by atoms with Gasteiger partial charge in [-0.1, -0.05) is 36.4 Å². The fraction of sp³-hybridized carbons (Fsp3) is 0.190. The van der Waals surface area contributed by atoms with Gasteiger partial charge >= 0.3 is 0 Å². The zero-order valence-corrected chi connectivity index (χ0v) is 13.7. The summed E-state index contributed by atoms with van der Waals surface area (Å²) in [4.78, 5) is 11.7. The van der Waals surface area contributed by atoms with Crippen molar-refractivity contribution >= 4 is 16.6 Å². The maximum atomic E-state index is 11.7. The molecule has 120 valence electrons. The highest BCUT2D eigenvalue weighted by molar-refractivity contribution is 6.01. The van der Waals surface area contributed by atoms with Gasteiger partial charge in [-0.2, -0.15) is 0 Å². The lowest BCUT2D eigenvalue weighted by molar-refractivity contribution is -0.118. The molecule has 1 heterocycles. The normalized spacial score (nSPS) is 15.3. The van der Waals surface area contributed by atoms with Gasteiger partial charge in [-0.05, 0) is 35.9 Å². The minimum absolute atomic E-state index is 0.121. The van der Waals surface area contributed by atoms with Gasteiger partial charge in [0.2, 0.25) is 0 Å². The molecule has 0 aliphatic carbocycles. The van der Waals surface area contributed by atoms with Crippen LogP contribution in [0.25, 0.3) is 21.9 Å². The Bertz CT molecular complexity index is 943. The lowest BCUT2D eigenvalue weighted by Crippen LogP contribution is -2.17. The minimum atomic E-state index is -0.247. The molecule has 0 amide bonds. The number of hydrogen-bond donors (Lipinski definition) is 0. The van der Waals surface area contributed by atoms with Crippen LogP contribution in [-0.2, 0) is 4.79 Å². The van der Waals surface area contributed by atoms with Gasteiger partial charge in [0.25, 0.3) is 0 Å². The molecule has 0 N–H and O–H groups in total. The lowest BCUT2D eigenvalue weighted by atomic mass is 9.87. The Hall–Kier alpha value is -2.81. The van der Waals surface area contributed by atoms with Crippen LogP contribution in [0.1, 0.15) is 25.0 Å². The Kier molecular flexibility index (Phi) is 3.49. The molecule has 0 saturated carbocycles. The van der Waals surface area contributed by atoms with E-state index in [1.54, 1.807) is 14.0 Å². The second kappa shape index (κ2) is 5.68. The number of hydrogen-bond acceptors (Lipinski definition) is 3. The van der Waals surface area contributed by atoms with Gasteiger partial charge in [0.05, 0.1) is 7.11 Å². The van der Waals surface area contributed by atoms with E-state index >= 15 is 0 Å². The van der Waals surface area contributed by atoms with E-state index in [0.29, 0.717) is 6.42 Å². The highest BCUT2D eigenvalue weighted by atomic mass is 16.5. The van der Waals surface area contributed by atoms with Crippen molar-refractivity contribution in [3.63, 3.8) is 0 Å². The summed E-state index contributed by atoms with van der Waals surface area (Å²) in [5.41, 5.74) is 3.26. The molecule has 0 radical (unpaired) electrons. The lowest BCUT2D eigenvalue weighted by Gasteiger charge is -2.29. The highest BCUT2D eigenvalue weighted by Gasteiger charge is 2.28. The summed E-state index contributed by atoms with van der Waals surface area (Å²) in [6, 6.07) is 18.2. The number of carbonyl (C=O) groups is 1. The number of ether oxygens (including phenoxy) is 2. The smallest absolute Gasteiger partial charge is 0.133 e. The van der Waals surface area contributed by atoms with E-state index in [1.165, 1.54) is 0 Å². The summed E-state index contributed by atoms with van der Waals surface area (Å²) in [5, 5.41) is 2.27. The minimum Gasteiger partial charge on any atom is -0.497 e. The second-order valence-corrected chi connectivity index (χ2v) is 6.13. The standard InChI is InChI=1S/C21H18O3/c1-13(22)11-20-17-10-8-14-7-9-15(23-2)12-18(14)21(17)16-5-3-4-6-19(16)24-20/h3-10,12,20H,11H2,1-2H3. The van der Waals surface area contributed by atoms with Crippen molar-refractivity contribution in [1.29, 1.82) is 0 Å². The average Bonchev–Trinajstić information content (AvgIpc) is 2.60. The monoisotopic (exact) mass is 318 g/mol. The van der Waals surface area contributed by atoms with Crippen molar-refractivity contribution in [2.45, 2.75) is 19.4 Å². The molecular formula is C21H18O3. The summed E-state index contributed by atoms with van der Waals surface area (Å²) < 4.78 is 11.5. The number of fused-ring (bicyclic) bond motifs is 5. The van der Waals surface area contributed by atoms with Crippen molar-refractivity contribution in [2.75, 3.05) is 7.11 Å². The van der Waals surface area contributed by atoms with Crippen LogP contribution in [0.4, 0.5) is 0 Å². The molecular weight excluding hydrogens is 300 g/mol. The summed E-state index contributed by atoms with van der Waals surface area (Å²) >= 11 is 0. The Labute approximate surface area is 140 Å². The van der Waals surface area contributed by atoms with Crippen LogP contribution in [0.3, 0.4) is 0 Å². The van der Waals surface area contributed by atoms with E-state index in [1.807, 2.05) is 24.3 Å². The molecule has 1 atom stereocenters. The summed E-state index contributed by atoms with van der Waals surface area (Å²) in [7, 11) is 1.67. The molecule has 0 fully saturated rings. The molecule has 4 rings (SSSR count). The summed E-state index contributed by atoms with van der Waals surface area (Å²) in [5.74, 6) is 1.77. The van der Waals surface area contributed by atoms with Gasteiger partial charge in [-0.25, -0.2) is 0 Å². The predicted octanol–water partition coefficient (Wildman–Crippen LogP) is 4.93.